The Balaban J connectivity index is 1.34. The van der Waals surface area contributed by atoms with Gasteiger partial charge in [-0.25, -0.2) is 4.68 Å². The molecule has 7 nitrogen and oxygen atoms in total. The maximum absolute atomic E-state index is 12.7. The molecule has 0 aliphatic heterocycles. The number of nitrogens with zero attached hydrogens (tertiary/aromatic N) is 3. The van der Waals surface area contributed by atoms with Gasteiger partial charge in [0.2, 0.25) is 0 Å². The van der Waals surface area contributed by atoms with Gasteiger partial charge in [0.1, 0.15) is 0 Å². The minimum atomic E-state index is -0.780. The summed E-state index contributed by atoms with van der Waals surface area (Å²) in [5.41, 5.74) is 2.18. The predicted octanol–water partition coefficient (Wildman–Crippen LogP) is 2.24. The zero-order valence-electron chi connectivity index (χ0n) is 16.0. The number of hydrogen-bond donors (Lipinski definition) is 2. The molecule has 2 N–H and O–H groups in total. The molecule has 148 valence electrons. The second-order valence-electron chi connectivity index (χ2n) is 7.97. The second kappa shape index (κ2) is 7.75. The molecule has 0 spiro atoms. The number of carboxylic acids is 1. The van der Waals surface area contributed by atoms with E-state index >= 15 is 0 Å². The van der Waals surface area contributed by atoms with Gasteiger partial charge in [0.15, 0.2) is 0 Å². The lowest BCUT2D eigenvalue weighted by Gasteiger charge is -2.42. The maximum atomic E-state index is 12.7. The Bertz CT molecular complexity index is 854. The Kier molecular flexibility index (Phi) is 5.17. The third kappa shape index (κ3) is 4.25. The van der Waals surface area contributed by atoms with Crippen molar-refractivity contribution in [3.05, 3.63) is 47.8 Å². The molecule has 0 saturated heterocycles. The van der Waals surface area contributed by atoms with E-state index in [1.807, 2.05) is 37.3 Å². The van der Waals surface area contributed by atoms with E-state index < -0.39 is 5.97 Å². The first-order valence-corrected chi connectivity index (χ1v) is 9.88. The van der Waals surface area contributed by atoms with E-state index in [0.717, 1.165) is 25.1 Å². The molecule has 0 atom stereocenters. The molecule has 0 radical (unpaired) electrons. The highest BCUT2D eigenvalue weighted by Gasteiger charge is 2.38. The monoisotopic (exact) mass is 382 g/mol. The van der Waals surface area contributed by atoms with Gasteiger partial charge in [-0.2, -0.15) is 5.10 Å². The molecule has 2 fully saturated rings. The zero-order valence-corrected chi connectivity index (χ0v) is 16.0. The van der Waals surface area contributed by atoms with Crippen LogP contribution >= 0.6 is 0 Å². The number of carbonyl (C=O) groups is 2. The number of rotatable bonds is 8. The summed E-state index contributed by atoms with van der Waals surface area (Å²) in [6, 6.07) is 10.0. The first-order chi connectivity index (χ1) is 13.5. The summed E-state index contributed by atoms with van der Waals surface area (Å²) < 4.78 is 1.72. The molecule has 0 bridgehead atoms. The highest BCUT2D eigenvalue weighted by molar-refractivity contribution is 5.95. The summed E-state index contributed by atoms with van der Waals surface area (Å²) in [5, 5.41) is 16.7. The maximum Gasteiger partial charge on any atom is 0.317 e. The molecule has 2 aromatic rings. The number of amides is 1. The summed E-state index contributed by atoms with van der Waals surface area (Å²) in [6.45, 7) is 2.79. The molecule has 2 aliphatic rings. The van der Waals surface area contributed by atoms with E-state index in [-0.39, 0.29) is 24.5 Å². The Morgan fingerprint density at radius 2 is 1.96 bits per heavy atom. The molecule has 7 heteroatoms. The van der Waals surface area contributed by atoms with Crippen LogP contribution in [0.15, 0.2) is 36.5 Å². The fourth-order valence-corrected chi connectivity index (χ4v) is 3.81. The average molecular weight is 382 g/mol. The molecular formula is C21H26N4O3. The molecule has 1 aromatic carbocycles. The Morgan fingerprint density at radius 1 is 1.25 bits per heavy atom. The van der Waals surface area contributed by atoms with Gasteiger partial charge in [0.25, 0.3) is 5.91 Å². The number of benzene rings is 1. The summed E-state index contributed by atoms with van der Waals surface area (Å²) in [7, 11) is 0. The van der Waals surface area contributed by atoms with Crippen LogP contribution in [0, 0.1) is 12.8 Å². The van der Waals surface area contributed by atoms with Crippen molar-refractivity contribution in [1.82, 2.24) is 20.0 Å². The van der Waals surface area contributed by atoms with Crippen LogP contribution in [0.4, 0.5) is 0 Å². The molecule has 1 aromatic heterocycles. The van der Waals surface area contributed by atoms with Crippen LogP contribution in [0.3, 0.4) is 0 Å². The molecule has 1 heterocycles. The minimum absolute atomic E-state index is 0.0881. The number of aromatic nitrogens is 2. The fourth-order valence-electron chi connectivity index (χ4n) is 3.81. The van der Waals surface area contributed by atoms with Crippen molar-refractivity contribution in [2.24, 2.45) is 5.92 Å². The topological polar surface area (TPSA) is 87.5 Å². The van der Waals surface area contributed by atoms with Gasteiger partial charge in [0.05, 0.1) is 23.5 Å². The van der Waals surface area contributed by atoms with Crippen LogP contribution in [0.5, 0.6) is 0 Å². The summed E-state index contributed by atoms with van der Waals surface area (Å²) >= 11 is 0. The lowest BCUT2D eigenvalue weighted by atomic mass is 9.85. The van der Waals surface area contributed by atoms with E-state index in [1.54, 1.807) is 10.9 Å². The summed E-state index contributed by atoms with van der Waals surface area (Å²) in [4.78, 5) is 25.9. The standard InChI is InChI=1S/C21H26N4O3/c1-14-19(12-25(23-14)17-5-3-2-4-6-17)21(28)22-16-9-18(10-16)24(13-20(26)27)11-15-7-8-15/h2-6,12,15-16,18H,7-11,13H2,1H3,(H,22,28)(H,26,27). The number of carbonyl (C=O) groups excluding carboxylic acids is 1. The third-order valence-electron chi connectivity index (χ3n) is 5.66. The van der Waals surface area contributed by atoms with Crippen LogP contribution in [0.1, 0.15) is 41.7 Å². The lowest BCUT2D eigenvalue weighted by Crippen LogP contribution is -2.55. The Labute approximate surface area is 164 Å². The van der Waals surface area contributed by atoms with Crippen molar-refractivity contribution >= 4 is 11.9 Å². The van der Waals surface area contributed by atoms with Gasteiger partial charge in [0, 0.05) is 24.8 Å². The van der Waals surface area contributed by atoms with E-state index in [1.165, 1.54) is 12.8 Å². The molecule has 2 saturated carbocycles. The highest BCUT2D eigenvalue weighted by Crippen LogP contribution is 2.33. The summed E-state index contributed by atoms with van der Waals surface area (Å²) in [6.07, 6.45) is 5.77. The fraction of sp³-hybridized carbons (Fsp3) is 0.476. The average Bonchev–Trinajstić information content (AvgIpc) is 3.36. The molecule has 28 heavy (non-hydrogen) atoms. The molecule has 1 amide bonds. The van der Waals surface area contributed by atoms with Crippen LogP contribution in [0.2, 0.25) is 0 Å². The van der Waals surface area contributed by atoms with Crippen molar-refractivity contribution in [3.63, 3.8) is 0 Å². The Morgan fingerprint density at radius 3 is 2.61 bits per heavy atom. The van der Waals surface area contributed by atoms with Gasteiger partial charge in [-0.05, 0) is 50.7 Å². The van der Waals surface area contributed by atoms with Gasteiger partial charge in [-0.1, -0.05) is 18.2 Å². The quantitative estimate of drug-likeness (QED) is 0.731. The molecule has 2 aliphatic carbocycles. The number of nitrogens with one attached hydrogen (secondary N) is 1. The number of aliphatic carboxylic acids is 1. The van der Waals surface area contributed by atoms with E-state index in [0.29, 0.717) is 17.2 Å². The van der Waals surface area contributed by atoms with Crippen molar-refractivity contribution in [3.8, 4) is 5.69 Å². The lowest BCUT2D eigenvalue weighted by molar-refractivity contribution is -0.139. The van der Waals surface area contributed by atoms with E-state index in [9.17, 15) is 9.59 Å². The normalized spacial score (nSPS) is 21.4. The van der Waals surface area contributed by atoms with Crippen LogP contribution < -0.4 is 5.32 Å². The van der Waals surface area contributed by atoms with Crippen molar-refractivity contribution in [1.29, 1.82) is 0 Å². The number of carboxylic acid groups (broad SMARTS) is 1. The highest BCUT2D eigenvalue weighted by atomic mass is 16.4. The Hall–Kier alpha value is -2.67. The number of hydrogen-bond acceptors (Lipinski definition) is 4. The van der Waals surface area contributed by atoms with Crippen molar-refractivity contribution in [2.75, 3.05) is 13.1 Å². The van der Waals surface area contributed by atoms with Crippen LogP contribution in [-0.4, -0.2) is 56.8 Å². The zero-order chi connectivity index (χ0) is 19.7. The number of aryl methyl sites for hydroxylation is 1. The first kappa shape index (κ1) is 18.7. The van der Waals surface area contributed by atoms with Gasteiger partial charge < -0.3 is 10.4 Å². The first-order valence-electron chi connectivity index (χ1n) is 9.88. The molecule has 0 unspecified atom stereocenters. The van der Waals surface area contributed by atoms with E-state index in [4.69, 9.17) is 5.11 Å². The van der Waals surface area contributed by atoms with Gasteiger partial charge >= 0.3 is 5.97 Å². The van der Waals surface area contributed by atoms with Gasteiger partial charge in [-0.15, -0.1) is 0 Å². The SMILES string of the molecule is Cc1nn(-c2ccccc2)cc1C(=O)NC1CC(N(CC(=O)O)CC2CC2)C1. The second-order valence-corrected chi connectivity index (χ2v) is 7.97. The van der Waals surface area contributed by atoms with Crippen LogP contribution in [0.25, 0.3) is 5.69 Å². The largest absolute Gasteiger partial charge is 0.480 e. The number of para-hydroxylation sites is 1. The van der Waals surface area contributed by atoms with Crippen molar-refractivity contribution < 1.29 is 14.7 Å². The van der Waals surface area contributed by atoms with E-state index in [2.05, 4.69) is 15.3 Å². The molecule has 4 rings (SSSR count). The van der Waals surface area contributed by atoms with Gasteiger partial charge in [-0.3, -0.25) is 14.5 Å². The smallest absolute Gasteiger partial charge is 0.317 e. The molecular weight excluding hydrogens is 356 g/mol. The third-order valence-corrected chi connectivity index (χ3v) is 5.66. The minimum Gasteiger partial charge on any atom is -0.480 e. The predicted molar refractivity (Wildman–Crippen MR) is 105 cm³/mol. The van der Waals surface area contributed by atoms with Crippen LogP contribution in [-0.2, 0) is 4.79 Å². The summed E-state index contributed by atoms with van der Waals surface area (Å²) in [5.74, 6) is -0.244. The van der Waals surface area contributed by atoms with Crippen molar-refractivity contribution in [2.45, 2.75) is 44.7 Å².